The maximum atomic E-state index is 12.1. The number of azide groups is 1. The van der Waals surface area contributed by atoms with Crippen molar-refractivity contribution in [1.29, 1.82) is 0 Å². The van der Waals surface area contributed by atoms with Crippen LogP contribution in [0.4, 0.5) is 0 Å². The molecular weight excluding hydrogens is 542 g/mol. The Morgan fingerprint density at radius 3 is 2.00 bits per heavy atom. The Kier molecular flexibility index (Phi) is 9.73. The average Bonchev–Trinajstić information content (AvgIpc) is 2.94. The van der Waals surface area contributed by atoms with Crippen LogP contribution in [0, 0.1) is 0 Å². The van der Waals surface area contributed by atoms with Gasteiger partial charge in [-0.2, -0.15) is 0 Å². The summed E-state index contributed by atoms with van der Waals surface area (Å²) >= 11 is 1.34. The van der Waals surface area contributed by atoms with Crippen LogP contribution in [-0.4, -0.2) is 55.8 Å². The lowest BCUT2D eigenvalue weighted by Crippen LogP contribution is -2.68. The van der Waals surface area contributed by atoms with Crippen LogP contribution < -0.4 is 10.4 Å². The first-order valence-corrected chi connectivity index (χ1v) is 16.0. The fourth-order valence-corrected chi connectivity index (χ4v) is 11.0. The van der Waals surface area contributed by atoms with E-state index in [4.69, 9.17) is 13.9 Å². The van der Waals surface area contributed by atoms with Crippen LogP contribution in [0.3, 0.4) is 0 Å². The van der Waals surface area contributed by atoms with Crippen molar-refractivity contribution in [2.24, 2.45) is 5.11 Å². The zero-order chi connectivity index (χ0) is 28.8. The molecule has 8 nitrogen and oxygen atoms in total. The quantitative estimate of drug-likeness (QED) is 0.125. The summed E-state index contributed by atoms with van der Waals surface area (Å²) in [6, 6.07) is 28.9. The number of aliphatic hydroxyl groups excluding tert-OH is 1. The lowest BCUT2D eigenvalue weighted by Gasteiger charge is -2.46. The number of carbonyl (C=O) groups is 1. The van der Waals surface area contributed by atoms with Gasteiger partial charge < -0.3 is 19.0 Å². The molecule has 210 valence electrons. The number of thioether (sulfide) groups is 1. The smallest absolute Gasteiger partial charge is 0.303 e. The number of ether oxygens (including phenoxy) is 2. The molecule has 1 heterocycles. The Morgan fingerprint density at radius 1 is 1.00 bits per heavy atom. The van der Waals surface area contributed by atoms with E-state index in [-0.39, 0.29) is 11.6 Å². The van der Waals surface area contributed by atoms with Crippen molar-refractivity contribution in [2.45, 2.75) is 67.4 Å². The van der Waals surface area contributed by atoms with Crippen LogP contribution in [0.1, 0.15) is 27.7 Å². The van der Waals surface area contributed by atoms with Crippen LogP contribution >= 0.6 is 11.8 Å². The van der Waals surface area contributed by atoms with Crippen LogP contribution in [0.5, 0.6) is 0 Å². The zero-order valence-corrected chi connectivity index (χ0v) is 24.9. The molecule has 1 aliphatic rings. The fraction of sp³-hybridized carbons (Fsp3) is 0.367. The first-order chi connectivity index (χ1) is 19.2. The Morgan fingerprint density at radius 2 is 1.52 bits per heavy atom. The van der Waals surface area contributed by atoms with E-state index in [9.17, 15) is 15.4 Å². The first kappa shape index (κ1) is 29.9. The Balaban J connectivity index is 1.74. The number of aliphatic hydroxyl groups is 1. The molecule has 1 aliphatic heterocycles. The fourth-order valence-electron chi connectivity index (χ4n) is 5.26. The minimum Gasteiger partial charge on any atom is -0.457 e. The van der Waals surface area contributed by atoms with Gasteiger partial charge in [0, 0.05) is 16.7 Å². The first-order valence-electron chi connectivity index (χ1n) is 13.2. The molecule has 1 fully saturated rings. The molecule has 0 amide bonds. The molecule has 1 N–H and O–H groups in total. The average molecular weight is 578 g/mol. The predicted molar refractivity (Wildman–Crippen MR) is 159 cm³/mol. The SMILES string of the molecule is CC(=O)O[C@@H]1[C@H](O)[C@@H](N=[N+]=[N-])[C@H](Sc2ccccc2)O[C@@H]1CO[Si](c1ccccc1)(c1ccccc1)C(C)(C)C. The van der Waals surface area contributed by atoms with Gasteiger partial charge in [-0.3, -0.25) is 4.79 Å². The van der Waals surface area contributed by atoms with E-state index >= 15 is 0 Å². The maximum absolute atomic E-state index is 12.1. The summed E-state index contributed by atoms with van der Waals surface area (Å²) in [5.41, 5.74) is 8.53. The molecule has 0 aliphatic carbocycles. The number of esters is 1. The number of hydrogen-bond donors (Lipinski definition) is 1. The molecule has 0 bridgehead atoms. The second-order valence-corrected chi connectivity index (χ2v) is 16.2. The van der Waals surface area contributed by atoms with Gasteiger partial charge in [-0.1, -0.05) is 117 Å². The third kappa shape index (κ3) is 6.44. The third-order valence-corrected chi connectivity index (χ3v) is 13.2. The third-order valence-electron chi connectivity index (χ3n) is 7.00. The van der Waals surface area contributed by atoms with E-state index in [1.807, 2.05) is 66.7 Å². The summed E-state index contributed by atoms with van der Waals surface area (Å²) in [7, 11) is -2.94. The monoisotopic (exact) mass is 577 g/mol. The number of hydrogen-bond acceptors (Lipinski definition) is 7. The van der Waals surface area contributed by atoms with Crippen molar-refractivity contribution < 1.29 is 23.8 Å². The number of benzene rings is 3. The molecule has 5 atom stereocenters. The second kappa shape index (κ2) is 13.0. The Bertz CT molecular complexity index is 1260. The largest absolute Gasteiger partial charge is 0.457 e. The van der Waals surface area contributed by atoms with Crippen molar-refractivity contribution in [3.8, 4) is 0 Å². The Hall–Kier alpha value is -3.11. The second-order valence-electron chi connectivity index (χ2n) is 10.7. The molecule has 0 spiro atoms. The topological polar surface area (TPSA) is 114 Å². The van der Waals surface area contributed by atoms with E-state index in [1.54, 1.807) is 0 Å². The normalized spacial score (nSPS) is 23.2. The van der Waals surface area contributed by atoms with Crippen LogP contribution in [-0.2, 0) is 18.7 Å². The van der Waals surface area contributed by atoms with Gasteiger partial charge in [-0.05, 0) is 33.1 Å². The van der Waals surface area contributed by atoms with E-state index in [2.05, 4.69) is 55.1 Å². The summed E-state index contributed by atoms with van der Waals surface area (Å²) in [5.74, 6) is -0.572. The highest BCUT2D eigenvalue weighted by Gasteiger charge is 2.53. The van der Waals surface area contributed by atoms with Gasteiger partial charge in [0.25, 0.3) is 8.32 Å². The summed E-state index contributed by atoms with van der Waals surface area (Å²) in [6.07, 6.45) is -3.19. The van der Waals surface area contributed by atoms with Gasteiger partial charge in [0.1, 0.15) is 23.7 Å². The van der Waals surface area contributed by atoms with Crippen molar-refractivity contribution >= 4 is 36.4 Å². The molecule has 4 rings (SSSR count). The highest BCUT2D eigenvalue weighted by atomic mass is 32.2. The van der Waals surface area contributed by atoms with Crippen molar-refractivity contribution in [1.82, 2.24) is 0 Å². The van der Waals surface area contributed by atoms with Crippen LogP contribution in [0.15, 0.2) is 101 Å². The minimum absolute atomic E-state index is 0.0527. The molecule has 3 aromatic carbocycles. The summed E-state index contributed by atoms with van der Waals surface area (Å²) in [5, 5.41) is 17.1. The van der Waals surface area contributed by atoms with E-state index in [0.717, 1.165) is 15.3 Å². The highest BCUT2D eigenvalue weighted by molar-refractivity contribution is 7.99. The van der Waals surface area contributed by atoms with Gasteiger partial charge in [-0.15, -0.1) is 0 Å². The van der Waals surface area contributed by atoms with Crippen LogP contribution in [0.2, 0.25) is 5.04 Å². The van der Waals surface area contributed by atoms with Crippen LogP contribution in [0.25, 0.3) is 10.4 Å². The van der Waals surface area contributed by atoms with E-state index < -0.39 is 44.1 Å². The summed E-state index contributed by atoms with van der Waals surface area (Å²) in [4.78, 5) is 15.9. The van der Waals surface area contributed by atoms with E-state index in [0.29, 0.717) is 0 Å². The molecule has 10 heteroatoms. The van der Waals surface area contributed by atoms with Gasteiger partial charge in [0.05, 0.1) is 6.61 Å². The molecule has 0 radical (unpaired) electrons. The predicted octanol–water partition coefficient (Wildman–Crippen LogP) is 5.05. The van der Waals surface area contributed by atoms with Gasteiger partial charge in [0.15, 0.2) is 6.10 Å². The molecule has 1 saturated heterocycles. The molecule has 0 aromatic heterocycles. The molecule has 0 unspecified atom stereocenters. The number of nitrogens with zero attached hydrogens (tertiary/aromatic N) is 3. The number of rotatable bonds is 9. The molecule has 3 aromatic rings. The van der Waals surface area contributed by atoms with Crippen molar-refractivity contribution in [2.75, 3.05) is 6.61 Å². The minimum atomic E-state index is -2.94. The summed E-state index contributed by atoms with van der Waals surface area (Å²) < 4.78 is 19.1. The van der Waals surface area contributed by atoms with Crippen molar-refractivity contribution in [3.05, 3.63) is 101 Å². The Labute approximate surface area is 240 Å². The van der Waals surface area contributed by atoms with E-state index in [1.165, 1.54) is 18.7 Å². The lowest BCUT2D eigenvalue weighted by atomic mass is 9.98. The van der Waals surface area contributed by atoms with Gasteiger partial charge >= 0.3 is 5.97 Å². The van der Waals surface area contributed by atoms with Gasteiger partial charge in [0.2, 0.25) is 0 Å². The van der Waals surface area contributed by atoms with Gasteiger partial charge in [-0.25, -0.2) is 0 Å². The van der Waals surface area contributed by atoms with Crippen molar-refractivity contribution in [3.63, 3.8) is 0 Å². The molecular formula is C30H35N3O5SSi. The summed E-state index contributed by atoms with van der Waals surface area (Å²) in [6.45, 7) is 7.85. The molecule has 40 heavy (non-hydrogen) atoms. The lowest BCUT2D eigenvalue weighted by molar-refractivity contribution is -0.193. The number of carbonyl (C=O) groups excluding carboxylic acids is 1. The standard InChI is InChI=1S/C30H35N3O5SSi/c1-21(34)37-28-25(38-29(26(27(28)35)32-33-31)39-22-14-8-5-9-15-22)20-36-40(30(2,3)4,23-16-10-6-11-17-23)24-18-12-7-13-19-24/h5-19,25-29,35H,20H2,1-4H3/t25-,26-,27-,28+,29+/m1/s1. The zero-order valence-electron chi connectivity index (χ0n) is 23.1. The maximum Gasteiger partial charge on any atom is 0.303 e. The highest BCUT2D eigenvalue weighted by Crippen LogP contribution is 2.39. The molecule has 0 saturated carbocycles.